The summed E-state index contributed by atoms with van der Waals surface area (Å²) in [6.45, 7) is 6.84. The van der Waals surface area contributed by atoms with Crippen LogP contribution in [0.2, 0.25) is 0 Å². The van der Waals surface area contributed by atoms with E-state index in [2.05, 4.69) is 0 Å². The van der Waals surface area contributed by atoms with E-state index in [-0.39, 0.29) is 22.1 Å². The van der Waals surface area contributed by atoms with Crippen molar-refractivity contribution in [3.05, 3.63) is 52.1 Å². The van der Waals surface area contributed by atoms with Crippen molar-refractivity contribution >= 4 is 9.84 Å². The highest BCUT2D eigenvalue weighted by Crippen LogP contribution is 2.29. The topological polar surface area (TPSA) is 74.6 Å². The largest absolute Gasteiger partial charge is 0.507 e. The second kappa shape index (κ2) is 5.65. The van der Waals surface area contributed by atoms with Crippen molar-refractivity contribution in [2.24, 2.45) is 0 Å². The minimum Gasteiger partial charge on any atom is -0.507 e. The second-order valence-corrected chi connectivity index (χ2v) is 7.73. The fraction of sp³-hybridized carbons (Fsp3) is 0.294. The first-order valence-electron chi connectivity index (χ1n) is 6.94. The Morgan fingerprint density at radius 3 is 1.55 bits per heavy atom. The monoisotopic (exact) mass is 320 g/mol. The van der Waals surface area contributed by atoms with E-state index >= 15 is 0 Å². The van der Waals surface area contributed by atoms with Crippen LogP contribution in [0.25, 0.3) is 0 Å². The van der Waals surface area contributed by atoms with Crippen LogP contribution in [0.5, 0.6) is 11.5 Å². The van der Waals surface area contributed by atoms with Gasteiger partial charge in [-0.25, -0.2) is 8.42 Å². The van der Waals surface area contributed by atoms with E-state index in [1.807, 2.05) is 0 Å². The van der Waals surface area contributed by atoms with Gasteiger partial charge in [-0.15, -0.1) is 0 Å². The average molecular weight is 320 g/mol. The molecule has 22 heavy (non-hydrogen) atoms. The molecule has 4 nitrogen and oxygen atoms in total. The smallest absolute Gasteiger partial charge is 0.182 e. The number of aryl methyl sites for hydroxylation is 4. The molecule has 0 bridgehead atoms. The molecule has 5 heteroatoms. The lowest BCUT2D eigenvalue weighted by Gasteiger charge is -2.11. The maximum Gasteiger partial charge on any atom is 0.182 e. The molecule has 0 fully saturated rings. The summed E-state index contributed by atoms with van der Waals surface area (Å²) in [5.74, 6) is 0.172. The third kappa shape index (κ3) is 3.09. The van der Waals surface area contributed by atoms with Gasteiger partial charge in [0.05, 0.1) is 10.6 Å². The number of hydrogen-bond donors (Lipinski definition) is 2. The fourth-order valence-corrected chi connectivity index (χ4v) is 4.01. The van der Waals surface area contributed by atoms with Gasteiger partial charge in [0.15, 0.2) is 9.84 Å². The van der Waals surface area contributed by atoms with Crippen LogP contribution in [0.1, 0.15) is 27.8 Å². The summed E-state index contributed by atoms with van der Waals surface area (Å²) in [5.41, 5.74) is 3.02. The van der Waals surface area contributed by atoms with Crippen LogP contribution in [0, 0.1) is 27.7 Å². The van der Waals surface area contributed by atoms with E-state index in [1.54, 1.807) is 39.8 Å². The standard InChI is InChI=1S/C17H20O4S/c1-10-5-14(6-11(2)16(10)18)9-22(20,21)15-7-12(3)17(19)13(4)8-15/h5-8,18-19H,9H2,1-4H3. The molecule has 0 unspecified atom stereocenters. The summed E-state index contributed by atoms with van der Waals surface area (Å²) < 4.78 is 25.2. The molecule has 0 spiro atoms. The Labute approximate surface area is 131 Å². The summed E-state index contributed by atoms with van der Waals surface area (Å²) in [7, 11) is -3.51. The number of hydrogen-bond acceptors (Lipinski definition) is 4. The van der Waals surface area contributed by atoms with Crippen LogP contribution in [0.15, 0.2) is 29.2 Å². The Hall–Kier alpha value is -2.01. The van der Waals surface area contributed by atoms with Crippen LogP contribution >= 0.6 is 0 Å². The van der Waals surface area contributed by atoms with Gasteiger partial charge in [-0.05, 0) is 67.6 Å². The number of benzene rings is 2. The second-order valence-electron chi connectivity index (χ2n) is 5.74. The molecule has 0 radical (unpaired) electrons. The first kappa shape index (κ1) is 16.4. The lowest BCUT2D eigenvalue weighted by atomic mass is 10.1. The molecule has 0 saturated heterocycles. The zero-order valence-corrected chi connectivity index (χ0v) is 14.0. The van der Waals surface area contributed by atoms with Gasteiger partial charge in [-0.2, -0.15) is 0 Å². The summed E-state index contributed by atoms with van der Waals surface area (Å²) in [6.07, 6.45) is 0. The SMILES string of the molecule is Cc1cc(CS(=O)(=O)c2cc(C)c(O)c(C)c2)cc(C)c1O. The molecular formula is C17H20O4S. The highest BCUT2D eigenvalue weighted by molar-refractivity contribution is 7.90. The van der Waals surface area contributed by atoms with Gasteiger partial charge in [0.1, 0.15) is 11.5 Å². The van der Waals surface area contributed by atoms with Crippen LogP contribution in [0.4, 0.5) is 0 Å². The molecule has 0 aliphatic carbocycles. The van der Waals surface area contributed by atoms with Crippen molar-refractivity contribution in [1.29, 1.82) is 0 Å². The predicted molar refractivity (Wildman–Crippen MR) is 86.1 cm³/mol. The van der Waals surface area contributed by atoms with Crippen LogP contribution in [0.3, 0.4) is 0 Å². The molecule has 0 saturated carbocycles. The summed E-state index contributed by atoms with van der Waals surface area (Å²) >= 11 is 0. The molecule has 2 aromatic carbocycles. The third-order valence-electron chi connectivity index (χ3n) is 3.73. The fourth-order valence-electron chi connectivity index (χ4n) is 2.53. The van der Waals surface area contributed by atoms with Gasteiger partial charge in [0.25, 0.3) is 0 Å². The maximum atomic E-state index is 12.6. The van der Waals surface area contributed by atoms with Crippen molar-refractivity contribution in [2.75, 3.05) is 0 Å². The molecule has 0 amide bonds. The van der Waals surface area contributed by atoms with Crippen molar-refractivity contribution in [1.82, 2.24) is 0 Å². The lowest BCUT2D eigenvalue weighted by molar-refractivity contribution is 0.465. The number of sulfone groups is 1. The Kier molecular flexibility index (Phi) is 4.20. The Morgan fingerprint density at radius 2 is 1.14 bits per heavy atom. The van der Waals surface area contributed by atoms with Gasteiger partial charge in [-0.3, -0.25) is 0 Å². The number of phenolic OH excluding ortho intramolecular Hbond substituents is 2. The van der Waals surface area contributed by atoms with E-state index in [0.29, 0.717) is 27.8 Å². The average Bonchev–Trinajstić information content (AvgIpc) is 2.41. The van der Waals surface area contributed by atoms with Crippen molar-refractivity contribution in [2.45, 2.75) is 38.3 Å². The van der Waals surface area contributed by atoms with Gasteiger partial charge in [-0.1, -0.05) is 12.1 Å². The molecule has 2 N–H and O–H groups in total. The van der Waals surface area contributed by atoms with E-state index in [0.717, 1.165) is 0 Å². The van der Waals surface area contributed by atoms with Crippen LogP contribution < -0.4 is 0 Å². The van der Waals surface area contributed by atoms with Gasteiger partial charge >= 0.3 is 0 Å². The zero-order valence-electron chi connectivity index (χ0n) is 13.1. The molecule has 0 aliphatic rings. The first-order valence-corrected chi connectivity index (χ1v) is 8.59. The van der Waals surface area contributed by atoms with Crippen molar-refractivity contribution in [3.8, 4) is 11.5 Å². The minimum absolute atomic E-state index is 0.121. The van der Waals surface area contributed by atoms with Crippen LogP contribution in [-0.2, 0) is 15.6 Å². The molecule has 0 aromatic heterocycles. The van der Waals surface area contributed by atoms with E-state index < -0.39 is 9.84 Å². The predicted octanol–water partition coefficient (Wildman–Crippen LogP) is 3.31. The van der Waals surface area contributed by atoms with E-state index in [4.69, 9.17) is 0 Å². The molecule has 0 atom stereocenters. The highest BCUT2D eigenvalue weighted by atomic mass is 32.2. The lowest BCUT2D eigenvalue weighted by Crippen LogP contribution is -2.06. The zero-order chi connectivity index (χ0) is 16.7. The molecule has 2 rings (SSSR count). The maximum absolute atomic E-state index is 12.6. The summed E-state index contributed by atoms with van der Waals surface area (Å²) in [5, 5.41) is 19.5. The molecule has 118 valence electrons. The quantitative estimate of drug-likeness (QED) is 0.910. The molecule has 0 heterocycles. The van der Waals surface area contributed by atoms with Crippen molar-refractivity contribution in [3.63, 3.8) is 0 Å². The number of rotatable bonds is 3. The summed E-state index contributed by atoms with van der Waals surface area (Å²) in [6, 6.07) is 6.33. The van der Waals surface area contributed by atoms with Gasteiger partial charge in [0, 0.05) is 0 Å². The Bertz CT molecular complexity index is 790. The highest BCUT2D eigenvalue weighted by Gasteiger charge is 2.19. The Morgan fingerprint density at radius 1 is 0.773 bits per heavy atom. The van der Waals surface area contributed by atoms with E-state index in [1.165, 1.54) is 12.1 Å². The minimum atomic E-state index is -3.51. The van der Waals surface area contributed by atoms with Gasteiger partial charge in [0.2, 0.25) is 0 Å². The van der Waals surface area contributed by atoms with Crippen molar-refractivity contribution < 1.29 is 18.6 Å². The van der Waals surface area contributed by atoms with Gasteiger partial charge < -0.3 is 10.2 Å². The molecular weight excluding hydrogens is 300 g/mol. The number of phenols is 2. The molecule has 0 aliphatic heterocycles. The Balaban J connectivity index is 2.44. The van der Waals surface area contributed by atoms with E-state index in [9.17, 15) is 18.6 Å². The van der Waals surface area contributed by atoms with Crippen LogP contribution in [-0.4, -0.2) is 18.6 Å². The normalized spacial score (nSPS) is 11.6. The summed E-state index contributed by atoms with van der Waals surface area (Å²) in [4.78, 5) is 0.198. The number of aromatic hydroxyl groups is 2. The third-order valence-corrected chi connectivity index (χ3v) is 5.40. The molecule has 2 aromatic rings. The first-order chi connectivity index (χ1) is 10.1.